The molecule has 0 atom stereocenters. The fourth-order valence-electron chi connectivity index (χ4n) is 6.98. The molecular weight excluding hydrogens is 697 g/mol. The lowest BCUT2D eigenvalue weighted by Crippen LogP contribution is -2.51. The van der Waals surface area contributed by atoms with E-state index in [-0.39, 0.29) is 22.1 Å². The first kappa shape index (κ1) is 53.7. The lowest BCUT2D eigenvalue weighted by atomic mass is 9.92. The van der Waals surface area contributed by atoms with Crippen molar-refractivity contribution >= 4 is 11.9 Å². The van der Waals surface area contributed by atoms with Gasteiger partial charge >= 0.3 is 0 Å². The molecule has 0 aliphatic heterocycles. The maximum Gasteiger partial charge on any atom is 0.119 e. The Labute approximate surface area is 339 Å². The molecule has 0 radical (unpaired) electrons. The first-order chi connectivity index (χ1) is 26.4. The number of carbonyl (C=O) groups excluding carboxylic acids is 2. The number of carboxylic acids is 2. The molecule has 10 nitrogen and oxygen atoms in total. The van der Waals surface area contributed by atoms with Crippen molar-refractivity contribution in [2.24, 2.45) is 5.41 Å². The number of hydrogen-bond donors (Lipinski definition) is 0. The Morgan fingerprint density at radius 3 is 0.891 bits per heavy atom. The third-order valence-electron chi connectivity index (χ3n) is 10.7. The van der Waals surface area contributed by atoms with Crippen molar-refractivity contribution in [3.63, 3.8) is 0 Å². The highest BCUT2D eigenvalue weighted by atomic mass is 16.5. The van der Waals surface area contributed by atoms with E-state index < -0.39 is 17.4 Å². The molecule has 0 amide bonds. The molecule has 0 saturated heterocycles. The number of carboxylic acid groups (broad SMARTS) is 2. The summed E-state index contributed by atoms with van der Waals surface area (Å²) in [5.41, 5.74) is -0.550. The predicted octanol–water partition coefficient (Wildman–Crippen LogP) is 7.09. The van der Waals surface area contributed by atoms with Crippen LogP contribution in [-0.2, 0) is 28.5 Å². The monoisotopic (exact) mass is 787 g/mol. The van der Waals surface area contributed by atoms with Crippen molar-refractivity contribution < 1.29 is 47.7 Å². The van der Waals surface area contributed by atoms with Crippen LogP contribution in [-0.4, -0.2) is 128 Å². The van der Waals surface area contributed by atoms with E-state index in [0.29, 0.717) is 65.9 Å². The van der Waals surface area contributed by atoms with Gasteiger partial charge in [0.15, 0.2) is 0 Å². The molecule has 0 unspecified atom stereocenters. The van der Waals surface area contributed by atoms with Crippen LogP contribution in [0, 0.1) is 5.41 Å². The van der Waals surface area contributed by atoms with Gasteiger partial charge in [0.2, 0.25) is 0 Å². The third-order valence-corrected chi connectivity index (χ3v) is 10.7. The van der Waals surface area contributed by atoms with Gasteiger partial charge in [-0.1, -0.05) is 155 Å². The molecule has 0 aromatic rings. The molecule has 0 rings (SSSR count). The topological polar surface area (TPSA) is 117 Å². The lowest BCUT2D eigenvalue weighted by molar-refractivity contribution is -0.885. The fraction of sp³-hybridized carbons (Fsp3) is 0.956. The van der Waals surface area contributed by atoms with Crippen LogP contribution in [0.1, 0.15) is 168 Å². The predicted molar refractivity (Wildman–Crippen MR) is 222 cm³/mol. The van der Waals surface area contributed by atoms with Crippen molar-refractivity contribution in [1.82, 2.24) is 0 Å². The third kappa shape index (κ3) is 36.8. The van der Waals surface area contributed by atoms with Crippen molar-refractivity contribution in [2.45, 2.75) is 168 Å². The number of unbranched alkanes of at least 4 members (excludes halogenated alkanes) is 22. The number of aliphatic carboxylic acids is 2. The van der Waals surface area contributed by atoms with Gasteiger partial charge in [0.25, 0.3) is 0 Å². The number of hydrogen-bond acceptors (Lipinski definition) is 8. The maximum absolute atomic E-state index is 11.3. The van der Waals surface area contributed by atoms with Gasteiger partial charge < -0.3 is 47.7 Å². The Balaban J connectivity index is 5.09. The summed E-state index contributed by atoms with van der Waals surface area (Å²) < 4.78 is 25.7. The fourth-order valence-corrected chi connectivity index (χ4v) is 6.98. The number of rotatable bonds is 44. The SMILES string of the molecule is CCCCCCCCCCCCCCOCC(COCCCCCCCCCCCCCC)(COCC[N+](C)(C)CC(=O)[O-])COCC[N+](C)(C)CC(=O)[O-]. The quantitative estimate of drug-likeness (QED) is 0.0475. The Bertz CT molecular complexity index is 815. The summed E-state index contributed by atoms with van der Waals surface area (Å²) in [7, 11) is 7.44. The minimum absolute atomic E-state index is 0.0815. The molecule has 0 aliphatic carbocycles. The summed E-state index contributed by atoms with van der Waals surface area (Å²) in [5, 5.41) is 22.5. The van der Waals surface area contributed by atoms with E-state index in [0.717, 1.165) is 25.7 Å². The van der Waals surface area contributed by atoms with Gasteiger partial charge in [0.1, 0.15) is 26.2 Å². The average molecular weight is 787 g/mol. The van der Waals surface area contributed by atoms with Crippen LogP contribution < -0.4 is 10.2 Å². The first-order valence-electron chi connectivity index (χ1n) is 22.7. The van der Waals surface area contributed by atoms with E-state index in [4.69, 9.17) is 18.9 Å². The van der Waals surface area contributed by atoms with E-state index in [1.165, 1.54) is 128 Å². The van der Waals surface area contributed by atoms with E-state index in [9.17, 15) is 19.8 Å². The van der Waals surface area contributed by atoms with Crippen molar-refractivity contribution in [3.05, 3.63) is 0 Å². The number of nitrogens with zero attached hydrogens (tertiary/aromatic N) is 2. The molecule has 0 N–H and O–H groups in total. The van der Waals surface area contributed by atoms with E-state index in [1.807, 2.05) is 28.2 Å². The largest absolute Gasteiger partial charge is 0.544 e. The number of ether oxygens (including phenoxy) is 4. The van der Waals surface area contributed by atoms with E-state index in [1.54, 1.807) is 0 Å². The zero-order valence-electron chi connectivity index (χ0n) is 37.1. The molecule has 0 bridgehead atoms. The molecular formula is C45H90N2O8. The number of likely N-dealkylation sites (N-methyl/N-ethyl adjacent to an activating group) is 2. The summed E-state index contributed by atoms with van der Waals surface area (Å²) in [4.78, 5) is 22.5. The van der Waals surface area contributed by atoms with Crippen molar-refractivity contribution in [2.75, 3.05) is 107 Å². The Morgan fingerprint density at radius 2 is 0.636 bits per heavy atom. The molecule has 0 aliphatic rings. The summed E-state index contributed by atoms with van der Waals surface area (Å²) in [6, 6.07) is 0. The van der Waals surface area contributed by atoms with E-state index >= 15 is 0 Å². The summed E-state index contributed by atoms with van der Waals surface area (Å²) in [6.45, 7) is 9.10. The van der Waals surface area contributed by atoms with Crippen LogP contribution in [0.4, 0.5) is 0 Å². The first-order valence-corrected chi connectivity index (χ1v) is 22.7. The highest BCUT2D eigenvalue weighted by Gasteiger charge is 2.33. The zero-order valence-corrected chi connectivity index (χ0v) is 37.1. The van der Waals surface area contributed by atoms with Gasteiger partial charge in [-0.3, -0.25) is 0 Å². The van der Waals surface area contributed by atoms with Crippen LogP contribution in [0.25, 0.3) is 0 Å². The summed E-state index contributed by atoms with van der Waals surface area (Å²) in [6.07, 6.45) is 31.0. The minimum atomic E-state index is -1.08. The molecule has 0 fully saturated rings. The molecule has 0 aromatic carbocycles. The molecule has 55 heavy (non-hydrogen) atoms. The number of carbonyl (C=O) groups is 2. The number of quaternary nitrogens is 2. The summed E-state index contributed by atoms with van der Waals surface area (Å²) in [5.74, 6) is -2.16. The summed E-state index contributed by atoms with van der Waals surface area (Å²) >= 11 is 0. The minimum Gasteiger partial charge on any atom is -0.544 e. The standard InChI is InChI=1S/C45H90N2O8/c1-7-9-11-13-15-17-19-21-23-25-27-29-33-52-39-45(41-54-35-31-46(3,4)37-43(48)49,42-55-36-32-47(5,6)38-44(50)51)40-53-34-30-28-26-24-22-20-18-16-14-12-10-8-2/h7-42H2,1-6H3. The average Bonchev–Trinajstić information content (AvgIpc) is 3.11. The molecule has 0 spiro atoms. The van der Waals surface area contributed by atoms with Gasteiger partial charge in [-0.15, -0.1) is 0 Å². The lowest BCUT2D eigenvalue weighted by Gasteiger charge is -2.35. The van der Waals surface area contributed by atoms with Crippen LogP contribution in [0.2, 0.25) is 0 Å². The van der Waals surface area contributed by atoms with Crippen LogP contribution in [0.3, 0.4) is 0 Å². The van der Waals surface area contributed by atoms with Crippen molar-refractivity contribution in [1.29, 1.82) is 0 Å². The zero-order chi connectivity index (χ0) is 40.9. The van der Waals surface area contributed by atoms with Gasteiger partial charge in [-0.25, -0.2) is 0 Å². The Kier molecular flexibility index (Phi) is 35.0. The molecule has 0 saturated carbocycles. The second kappa shape index (κ2) is 35.8. The molecule has 0 aromatic heterocycles. The molecule has 328 valence electrons. The Morgan fingerprint density at radius 1 is 0.400 bits per heavy atom. The van der Waals surface area contributed by atoms with E-state index in [2.05, 4.69) is 13.8 Å². The van der Waals surface area contributed by atoms with Crippen LogP contribution in [0.15, 0.2) is 0 Å². The van der Waals surface area contributed by atoms with Gasteiger partial charge in [-0.05, 0) is 12.8 Å². The molecule has 10 heteroatoms. The Hall–Kier alpha value is -1.30. The maximum atomic E-state index is 11.3. The second-order valence-electron chi connectivity index (χ2n) is 17.9. The van der Waals surface area contributed by atoms with Gasteiger partial charge in [0, 0.05) is 13.2 Å². The van der Waals surface area contributed by atoms with Crippen LogP contribution in [0.5, 0.6) is 0 Å². The van der Waals surface area contributed by atoms with Gasteiger partial charge in [0.05, 0.1) is 85.2 Å². The molecule has 0 heterocycles. The normalized spacial score (nSPS) is 12.5. The van der Waals surface area contributed by atoms with Crippen molar-refractivity contribution in [3.8, 4) is 0 Å². The highest BCUT2D eigenvalue weighted by Crippen LogP contribution is 2.22. The smallest absolute Gasteiger partial charge is 0.119 e. The second-order valence-corrected chi connectivity index (χ2v) is 17.9. The van der Waals surface area contributed by atoms with Crippen LogP contribution >= 0.6 is 0 Å². The highest BCUT2D eigenvalue weighted by molar-refractivity contribution is 5.65. The van der Waals surface area contributed by atoms with Gasteiger partial charge in [-0.2, -0.15) is 0 Å².